The van der Waals surface area contributed by atoms with Gasteiger partial charge in [0, 0.05) is 10.9 Å². The van der Waals surface area contributed by atoms with E-state index in [1.54, 1.807) is 13.0 Å². The first-order valence-corrected chi connectivity index (χ1v) is 9.13. The number of aromatic amines is 1. The van der Waals surface area contributed by atoms with Gasteiger partial charge < -0.3 is 4.98 Å². The predicted octanol–water partition coefficient (Wildman–Crippen LogP) is 4.04. The van der Waals surface area contributed by atoms with Crippen molar-refractivity contribution in [3.05, 3.63) is 57.7 Å². The molecule has 25 heavy (non-hydrogen) atoms. The Morgan fingerprint density at radius 2 is 2.04 bits per heavy atom. The summed E-state index contributed by atoms with van der Waals surface area (Å²) < 4.78 is 0. The second-order valence-corrected chi connectivity index (χ2v) is 7.37. The van der Waals surface area contributed by atoms with Crippen LogP contribution in [0.2, 0.25) is 0 Å². The zero-order valence-corrected chi connectivity index (χ0v) is 14.8. The van der Waals surface area contributed by atoms with Crippen LogP contribution >= 0.6 is 23.1 Å². The normalized spacial score (nSPS) is 11.5. The molecule has 0 saturated carbocycles. The van der Waals surface area contributed by atoms with E-state index in [4.69, 9.17) is 5.26 Å². The SMILES string of the molecule is C[C@@H](C#N)Sc1[nH]c(=O)c(-c2nc(-c3ccccc3)cs2)cc1C#N. The molecule has 5 nitrogen and oxygen atoms in total. The minimum atomic E-state index is -0.363. The number of H-pyrrole nitrogens is 1. The molecule has 2 heterocycles. The lowest BCUT2D eigenvalue weighted by molar-refractivity contribution is 1.05. The zero-order valence-electron chi connectivity index (χ0n) is 13.2. The average molecular weight is 364 g/mol. The number of pyridine rings is 1. The first-order chi connectivity index (χ1) is 12.1. The Balaban J connectivity index is 2.02. The molecule has 0 fully saturated rings. The van der Waals surface area contributed by atoms with Gasteiger partial charge in [0.15, 0.2) is 0 Å². The highest BCUT2D eigenvalue weighted by Crippen LogP contribution is 2.30. The summed E-state index contributed by atoms with van der Waals surface area (Å²) >= 11 is 2.51. The van der Waals surface area contributed by atoms with Gasteiger partial charge in [0.05, 0.1) is 33.2 Å². The Bertz CT molecular complexity index is 1040. The fraction of sp³-hybridized carbons (Fsp3) is 0.111. The lowest BCUT2D eigenvalue weighted by Crippen LogP contribution is -2.12. The zero-order chi connectivity index (χ0) is 17.8. The number of benzene rings is 1. The third-order valence-electron chi connectivity index (χ3n) is 3.41. The highest BCUT2D eigenvalue weighted by molar-refractivity contribution is 8.00. The molecule has 0 amide bonds. The summed E-state index contributed by atoms with van der Waals surface area (Å²) in [6.45, 7) is 1.71. The molecule has 7 heteroatoms. The van der Waals surface area contributed by atoms with E-state index in [1.165, 1.54) is 11.3 Å². The quantitative estimate of drug-likeness (QED) is 0.705. The Hall–Kier alpha value is -2.87. The van der Waals surface area contributed by atoms with Gasteiger partial charge in [-0.05, 0) is 13.0 Å². The summed E-state index contributed by atoms with van der Waals surface area (Å²) in [4.78, 5) is 19.7. The maximum atomic E-state index is 12.4. The van der Waals surface area contributed by atoms with Gasteiger partial charge in [0.2, 0.25) is 0 Å². The summed E-state index contributed by atoms with van der Waals surface area (Å²) in [5.74, 6) is 0. The second-order valence-electron chi connectivity index (χ2n) is 5.16. The maximum Gasteiger partial charge on any atom is 0.259 e. The fourth-order valence-electron chi connectivity index (χ4n) is 2.19. The van der Waals surface area contributed by atoms with Crippen LogP contribution < -0.4 is 5.56 Å². The molecule has 0 spiro atoms. The first-order valence-electron chi connectivity index (χ1n) is 7.37. The Morgan fingerprint density at radius 1 is 1.28 bits per heavy atom. The molecule has 122 valence electrons. The lowest BCUT2D eigenvalue weighted by atomic mass is 10.2. The number of rotatable bonds is 4. The van der Waals surface area contributed by atoms with E-state index in [9.17, 15) is 10.1 Å². The summed E-state index contributed by atoms with van der Waals surface area (Å²) in [5, 5.41) is 20.8. The minimum Gasteiger partial charge on any atom is -0.315 e. The van der Waals surface area contributed by atoms with Crippen molar-refractivity contribution in [3.63, 3.8) is 0 Å². The molecule has 0 unspecified atom stereocenters. The van der Waals surface area contributed by atoms with Gasteiger partial charge in [0.25, 0.3) is 5.56 Å². The molecule has 0 aliphatic carbocycles. The molecule has 1 N–H and O–H groups in total. The Kier molecular flexibility index (Phi) is 4.99. The van der Waals surface area contributed by atoms with Crippen LogP contribution in [0.25, 0.3) is 21.8 Å². The Labute approximate surface area is 152 Å². The molecule has 0 bridgehead atoms. The Morgan fingerprint density at radius 3 is 2.72 bits per heavy atom. The summed E-state index contributed by atoms with van der Waals surface area (Å²) in [5.41, 5.74) is 2.13. The van der Waals surface area contributed by atoms with E-state index in [0.29, 0.717) is 21.2 Å². The van der Waals surface area contributed by atoms with E-state index in [-0.39, 0.29) is 10.8 Å². The molecule has 0 radical (unpaired) electrons. The van der Waals surface area contributed by atoms with E-state index in [1.807, 2.05) is 35.7 Å². The standard InChI is InChI=1S/C18H12N4OS2/c1-11(8-19)25-17-13(9-20)7-14(16(23)22-17)18-21-15(10-24-18)12-5-3-2-4-6-12/h2-7,10-11H,1H3,(H,22,23)/t11-/m0/s1. The number of thiazole rings is 1. The van der Waals surface area contributed by atoms with Crippen molar-refractivity contribution in [1.82, 2.24) is 9.97 Å². The molecule has 3 aromatic rings. The van der Waals surface area contributed by atoms with Crippen LogP contribution in [0.1, 0.15) is 12.5 Å². The molecule has 0 aliphatic rings. The second kappa shape index (κ2) is 7.35. The van der Waals surface area contributed by atoms with E-state index in [0.717, 1.165) is 23.0 Å². The molecular weight excluding hydrogens is 352 g/mol. The number of aromatic nitrogens is 2. The molecule has 0 saturated heterocycles. The number of nitrogens with one attached hydrogen (secondary N) is 1. The van der Waals surface area contributed by atoms with Crippen molar-refractivity contribution in [3.8, 4) is 34.0 Å². The molecule has 3 rings (SSSR count). The topological polar surface area (TPSA) is 93.3 Å². The third kappa shape index (κ3) is 3.63. The molecular formula is C18H12N4OS2. The maximum absolute atomic E-state index is 12.4. The van der Waals surface area contributed by atoms with Crippen LogP contribution in [-0.4, -0.2) is 15.2 Å². The van der Waals surface area contributed by atoms with Crippen LogP contribution in [0, 0.1) is 22.7 Å². The van der Waals surface area contributed by atoms with Crippen molar-refractivity contribution < 1.29 is 0 Å². The van der Waals surface area contributed by atoms with E-state index < -0.39 is 0 Å². The van der Waals surface area contributed by atoms with Crippen molar-refractivity contribution in [2.45, 2.75) is 17.2 Å². The number of nitrogens with zero attached hydrogens (tertiary/aromatic N) is 3. The minimum absolute atomic E-state index is 0.319. The number of hydrogen-bond donors (Lipinski definition) is 1. The number of thioether (sulfide) groups is 1. The molecule has 1 atom stereocenters. The van der Waals surface area contributed by atoms with Crippen molar-refractivity contribution in [2.24, 2.45) is 0 Å². The van der Waals surface area contributed by atoms with Crippen LogP contribution in [0.15, 0.2) is 51.6 Å². The van der Waals surface area contributed by atoms with Gasteiger partial charge in [0.1, 0.15) is 11.1 Å². The van der Waals surface area contributed by atoms with Crippen LogP contribution in [0.3, 0.4) is 0 Å². The highest BCUT2D eigenvalue weighted by Gasteiger charge is 2.16. The van der Waals surface area contributed by atoms with Gasteiger partial charge in [-0.25, -0.2) is 4.98 Å². The summed E-state index contributed by atoms with van der Waals surface area (Å²) in [6.07, 6.45) is 0. The molecule has 1 aromatic carbocycles. The van der Waals surface area contributed by atoms with Gasteiger partial charge in [-0.2, -0.15) is 10.5 Å². The average Bonchev–Trinajstić information content (AvgIpc) is 3.12. The number of nitriles is 2. The smallest absolute Gasteiger partial charge is 0.259 e. The molecule has 2 aromatic heterocycles. The highest BCUT2D eigenvalue weighted by atomic mass is 32.2. The van der Waals surface area contributed by atoms with Crippen molar-refractivity contribution in [1.29, 1.82) is 10.5 Å². The third-order valence-corrected chi connectivity index (χ3v) is 5.30. The van der Waals surface area contributed by atoms with E-state index >= 15 is 0 Å². The van der Waals surface area contributed by atoms with Gasteiger partial charge in [-0.1, -0.05) is 42.1 Å². The van der Waals surface area contributed by atoms with Gasteiger partial charge in [-0.3, -0.25) is 4.79 Å². The number of hydrogen-bond acceptors (Lipinski definition) is 6. The summed E-state index contributed by atoms with van der Waals surface area (Å²) in [6, 6.07) is 15.4. The van der Waals surface area contributed by atoms with Crippen molar-refractivity contribution in [2.75, 3.05) is 0 Å². The first kappa shape index (κ1) is 17.0. The van der Waals surface area contributed by atoms with Crippen LogP contribution in [-0.2, 0) is 0 Å². The summed E-state index contributed by atoms with van der Waals surface area (Å²) in [7, 11) is 0. The predicted molar refractivity (Wildman–Crippen MR) is 99.3 cm³/mol. The van der Waals surface area contributed by atoms with Gasteiger partial charge in [-0.15, -0.1) is 11.3 Å². The largest absolute Gasteiger partial charge is 0.315 e. The van der Waals surface area contributed by atoms with E-state index in [2.05, 4.69) is 22.1 Å². The lowest BCUT2D eigenvalue weighted by Gasteiger charge is -2.06. The van der Waals surface area contributed by atoms with Crippen LogP contribution in [0.4, 0.5) is 0 Å². The molecule has 0 aliphatic heterocycles. The fourth-order valence-corrected chi connectivity index (χ4v) is 3.82. The monoisotopic (exact) mass is 364 g/mol. The van der Waals surface area contributed by atoms with Gasteiger partial charge >= 0.3 is 0 Å². The van der Waals surface area contributed by atoms with Crippen LogP contribution in [0.5, 0.6) is 0 Å². The van der Waals surface area contributed by atoms with Crippen molar-refractivity contribution >= 4 is 23.1 Å².